The fraction of sp³-hybridized carbons (Fsp3) is 0.700. The Morgan fingerprint density at radius 1 is 1.23 bits per heavy atom. The van der Waals surface area contributed by atoms with Crippen LogP contribution in [0.1, 0.15) is 50.3 Å². The lowest BCUT2D eigenvalue weighted by molar-refractivity contribution is 0.0220. The van der Waals surface area contributed by atoms with Crippen LogP contribution in [-0.4, -0.2) is 55.7 Å². The number of nitrogens with zero attached hydrogens (tertiary/aromatic N) is 2. The number of piperidine rings is 2. The Hall–Kier alpha value is -1.11. The van der Waals surface area contributed by atoms with Crippen LogP contribution in [0.3, 0.4) is 0 Å². The highest BCUT2D eigenvalue weighted by Crippen LogP contribution is 2.44. The van der Waals surface area contributed by atoms with Gasteiger partial charge in [0.15, 0.2) is 0 Å². The first-order valence-electron chi connectivity index (χ1n) is 10.0. The van der Waals surface area contributed by atoms with Crippen molar-refractivity contribution in [3.63, 3.8) is 0 Å². The number of rotatable bonds is 4. The van der Waals surface area contributed by atoms with E-state index in [0.29, 0.717) is 25.1 Å². The highest BCUT2D eigenvalue weighted by Gasteiger charge is 2.45. The fourth-order valence-corrected chi connectivity index (χ4v) is 6.57. The Morgan fingerprint density at radius 3 is 2.85 bits per heavy atom. The van der Waals surface area contributed by atoms with Gasteiger partial charge in [-0.3, -0.25) is 4.90 Å². The second-order valence-electron chi connectivity index (χ2n) is 7.77. The largest absolute Gasteiger partial charge is 0.494 e. The van der Waals surface area contributed by atoms with E-state index in [1.807, 2.05) is 11.2 Å². The van der Waals surface area contributed by atoms with E-state index in [0.717, 1.165) is 44.5 Å². The quantitative estimate of drug-likeness (QED) is 0.808. The van der Waals surface area contributed by atoms with Crippen molar-refractivity contribution in [2.24, 2.45) is 5.92 Å². The van der Waals surface area contributed by atoms with E-state index in [-0.39, 0.29) is 11.8 Å². The molecule has 0 bridgehead atoms. The van der Waals surface area contributed by atoms with E-state index < -0.39 is 10.0 Å². The van der Waals surface area contributed by atoms with Gasteiger partial charge in [-0.2, -0.15) is 4.31 Å². The second kappa shape index (κ2) is 7.13. The molecule has 1 aromatic carbocycles. The summed E-state index contributed by atoms with van der Waals surface area (Å²) in [7, 11) is -3.13. The van der Waals surface area contributed by atoms with Gasteiger partial charge in [0.1, 0.15) is 5.75 Å². The summed E-state index contributed by atoms with van der Waals surface area (Å²) in [6, 6.07) is 6.96. The minimum atomic E-state index is -3.13. The third kappa shape index (κ3) is 3.16. The van der Waals surface area contributed by atoms with E-state index in [1.54, 1.807) is 6.92 Å². The van der Waals surface area contributed by atoms with Crippen molar-refractivity contribution in [1.29, 1.82) is 0 Å². The van der Waals surface area contributed by atoms with E-state index in [4.69, 9.17) is 4.74 Å². The van der Waals surface area contributed by atoms with Crippen molar-refractivity contribution < 1.29 is 13.2 Å². The molecular weight excluding hydrogens is 348 g/mol. The molecule has 5 nitrogen and oxygen atoms in total. The van der Waals surface area contributed by atoms with E-state index in [9.17, 15) is 8.42 Å². The molecule has 3 unspecified atom stereocenters. The zero-order chi connectivity index (χ0) is 18.3. The molecule has 0 saturated carbocycles. The summed E-state index contributed by atoms with van der Waals surface area (Å²) in [5.41, 5.74) is 2.74. The zero-order valence-corrected chi connectivity index (χ0v) is 16.7. The SMILES string of the molecule is CCOc1ccc2c(c1)CCN1CC3CCCN(S(=O)(=O)CC)C3CC21. The Balaban J connectivity index is 1.63. The molecule has 3 atom stereocenters. The van der Waals surface area contributed by atoms with Crippen molar-refractivity contribution >= 4 is 10.0 Å². The summed E-state index contributed by atoms with van der Waals surface area (Å²) in [5.74, 6) is 1.63. The van der Waals surface area contributed by atoms with Gasteiger partial charge in [-0.05, 0) is 68.7 Å². The Bertz CT molecular complexity index is 764. The minimum absolute atomic E-state index is 0.160. The van der Waals surface area contributed by atoms with E-state index >= 15 is 0 Å². The molecule has 2 saturated heterocycles. The maximum Gasteiger partial charge on any atom is 0.214 e. The van der Waals surface area contributed by atoms with E-state index in [1.165, 1.54) is 11.1 Å². The molecule has 0 aliphatic carbocycles. The summed E-state index contributed by atoms with van der Waals surface area (Å²) >= 11 is 0. The molecule has 144 valence electrons. The molecule has 3 heterocycles. The lowest BCUT2D eigenvalue weighted by atomic mass is 9.77. The van der Waals surface area contributed by atoms with Gasteiger partial charge in [0.05, 0.1) is 12.4 Å². The van der Waals surface area contributed by atoms with Crippen LogP contribution < -0.4 is 4.74 Å². The number of sulfonamides is 1. The number of benzene rings is 1. The second-order valence-corrected chi connectivity index (χ2v) is 9.98. The van der Waals surface area contributed by atoms with Crippen LogP contribution in [0.2, 0.25) is 0 Å². The molecule has 2 fully saturated rings. The summed E-state index contributed by atoms with van der Waals surface area (Å²) in [5, 5.41) is 0. The van der Waals surface area contributed by atoms with Gasteiger partial charge in [-0.15, -0.1) is 0 Å². The predicted octanol–water partition coefficient (Wildman–Crippen LogP) is 2.82. The first kappa shape index (κ1) is 18.3. The van der Waals surface area contributed by atoms with Crippen molar-refractivity contribution in [2.75, 3.05) is 32.0 Å². The van der Waals surface area contributed by atoms with Gasteiger partial charge in [0.2, 0.25) is 10.0 Å². The molecule has 0 amide bonds. The zero-order valence-electron chi connectivity index (χ0n) is 15.9. The first-order valence-corrected chi connectivity index (χ1v) is 11.6. The molecular formula is C20H30N2O3S. The molecule has 3 aliphatic heterocycles. The van der Waals surface area contributed by atoms with Crippen LogP contribution >= 0.6 is 0 Å². The van der Waals surface area contributed by atoms with Crippen molar-refractivity contribution in [3.8, 4) is 5.75 Å². The summed E-state index contributed by atoms with van der Waals surface area (Å²) < 4.78 is 32.8. The lowest BCUT2D eigenvalue weighted by Gasteiger charge is -2.51. The molecule has 4 rings (SSSR count). The highest BCUT2D eigenvalue weighted by molar-refractivity contribution is 7.89. The monoisotopic (exact) mass is 378 g/mol. The maximum atomic E-state index is 12.6. The van der Waals surface area contributed by atoms with Gasteiger partial charge in [0, 0.05) is 31.7 Å². The van der Waals surface area contributed by atoms with Gasteiger partial charge >= 0.3 is 0 Å². The third-order valence-corrected chi connectivity index (χ3v) is 8.31. The molecule has 0 N–H and O–H groups in total. The molecule has 1 aromatic rings. The molecule has 0 aromatic heterocycles. The summed E-state index contributed by atoms with van der Waals surface area (Å²) in [6.45, 7) is 7.24. The average Bonchev–Trinajstić information content (AvgIpc) is 2.66. The molecule has 3 aliphatic rings. The van der Waals surface area contributed by atoms with Crippen LogP contribution in [0.15, 0.2) is 18.2 Å². The van der Waals surface area contributed by atoms with Crippen molar-refractivity contribution in [1.82, 2.24) is 9.21 Å². The molecule has 26 heavy (non-hydrogen) atoms. The predicted molar refractivity (Wildman–Crippen MR) is 103 cm³/mol. The fourth-order valence-electron chi connectivity index (χ4n) is 5.16. The van der Waals surface area contributed by atoms with Gasteiger partial charge in [-0.1, -0.05) is 6.07 Å². The summed E-state index contributed by atoms with van der Waals surface area (Å²) in [6.07, 6.45) is 4.12. The summed E-state index contributed by atoms with van der Waals surface area (Å²) in [4.78, 5) is 2.59. The van der Waals surface area contributed by atoms with Crippen LogP contribution in [-0.2, 0) is 16.4 Å². The van der Waals surface area contributed by atoms with Crippen LogP contribution in [0, 0.1) is 5.92 Å². The van der Waals surface area contributed by atoms with Crippen LogP contribution in [0.25, 0.3) is 0 Å². The average molecular weight is 379 g/mol. The lowest BCUT2D eigenvalue weighted by Crippen LogP contribution is -2.57. The van der Waals surface area contributed by atoms with Crippen molar-refractivity contribution in [3.05, 3.63) is 29.3 Å². The normalized spacial score (nSPS) is 29.5. The Kier molecular flexibility index (Phi) is 5.01. The Labute approximate surface area is 157 Å². The smallest absolute Gasteiger partial charge is 0.214 e. The standard InChI is InChI=1S/C20H30N2O3S/c1-3-25-17-7-8-18-15(12-17)9-11-21-14-16-6-5-10-22(26(23,24)4-2)19(16)13-20(18)21/h7-8,12,16,19-20H,3-6,9-11,13-14H2,1-2H3. The molecule has 6 heteroatoms. The number of fused-ring (bicyclic) bond motifs is 4. The van der Waals surface area contributed by atoms with E-state index in [2.05, 4.69) is 23.1 Å². The van der Waals surface area contributed by atoms with Gasteiger partial charge < -0.3 is 4.74 Å². The Morgan fingerprint density at radius 2 is 2.08 bits per heavy atom. The van der Waals surface area contributed by atoms with Gasteiger partial charge in [0.25, 0.3) is 0 Å². The number of hydrogen-bond acceptors (Lipinski definition) is 4. The number of ether oxygens (including phenoxy) is 1. The molecule has 0 radical (unpaired) electrons. The van der Waals surface area contributed by atoms with Crippen LogP contribution in [0.4, 0.5) is 0 Å². The minimum Gasteiger partial charge on any atom is -0.494 e. The highest BCUT2D eigenvalue weighted by atomic mass is 32.2. The third-order valence-electron chi connectivity index (χ3n) is 6.42. The molecule has 0 spiro atoms. The van der Waals surface area contributed by atoms with Gasteiger partial charge in [-0.25, -0.2) is 8.42 Å². The first-order chi connectivity index (χ1) is 12.5. The maximum absolute atomic E-state index is 12.6. The van der Waals surface area contributed by atoms with Crippen LogP contribution in [0.5, 0.6) is 5.75 Å². The van der Waals surface area contributed by atoms with Crippen molar-refractivity contribution in [2.45, 2.75) is 51.6 Å². The topological polar surface area (TPSA) is 49.9 Å². The number of hydrogen-bond donors (Lipinski definition) is 0.